The van der Waals surface area contributed by atoms with Crippen molar-refractivity contribution >= 4 is 5.82 Å². The molecule has 1 N–H and O–H groups in total. The highest BCUT2D eigenvalue weighted by Crippen LogP contribution is 2.35. The fourth-order valence-electron chi connectivity index (χ4n) is 3.81. The van der Waals surface area contributed by atoms with Crippen LogP contribution in [0.15, 0.2) is 42.7 Å². The molecule has 4 rings (SSSR count). The number of benzene rings is 1. The summed E-state index contributed by atoms with van der Waals surface area (Å²) >= 11 is 0. The van der Waals surface area contributed by atoms with Gasteiger partial charge in [0.05, 0.1) is 18.1 Å². The van der Waals surface area contributed by atoms with E-state index < -0.39 is 0 Å². The zero-order chi connectivity index (χ0) is 19.6. The van der Waals surface area contributed by atoms with Gasteiger partial charge in [0, 0.05) is 30.9 Å². The van der Waals surface area contributed by atoms with E-state index in [0.29, 0.717) is 31.4 Å². The smallest absolute Gasteiger partial charge is 0.174 e. The molecule has 0 unspecified atom stereocenters. The van der Waals surface area contributed by atoms with Crippen LogP contribution in [-0.4, -0.2) is 39.5 Å². The number of nitrogens with zero attached hydrogens (tertiary/aromatic N) is 4. The minimum atomic E-state index is -0.213. The largest absolute Gasteiger partial charge is 0.381 e. The number of rotatable bonds is 5. The van der Waals surface area contributed by atoms with Gasteiger partial charge in [-0.05, 0) is 50.5 Å². The average Bonchev–Trinajstić information content (AvgIpc) is 3.05. The van der Waals surface area contributed by atoms with Gasteiger partial charge in [0.1, 0.15) is 11.6 Å². The molecule has 1 aromatic carbocycles. The fraction of sp³-hybridized carbons (Fsp3) is 0.381. The lowest BCUT2D eigenvalue weighted by molar-refractivity contribution is 0.0542. The van der Waals surface area contributed by atoms with Crippen molar-refractivity contribution in [3.8, 4) is 5.82 Å². The zero-order valence-electron chi connectivity index (χ0n) is 16.2. The summed E-state index contributed by atoms with van der Waals surface area (Å²) in [6, 6.07) is 8.88. The maximum atomic E-state index is 13.9. The van der Waals surface area contributed by atoms with Crippen LogP contribution < -0.4 is 5.32 Å². The Bertz CT molecular complexity index is 965. The quantitative estimate of drug-likeness (QED) is 0.732. The van der Waals surface area contributed by atoms with Crippen molar-refractivity contribution in [2.75, 3.05) is 25.1 Å². The predicted molar refractivity (Wildman–Crippen MR) is 105 cm³/mol. The van der Waals surface area contributed by atoms with Crippen molar-refractivity contribution in [3.63, 3.8) is 0 Å². The van der Waals surface area contributed by atoms with Crippen molar-refractivity contribution < 1.29 is 9.13 Å². The Hall–Kier alpha value is -2.80. The maximum Gasteiger partial charge on any atom is 0.174 e. The van der Waals surface area contributed by atoms with Crippen LogP contribution in [0.2, 0.25) is 0 Å². The third-order valence-electron chi connectivity index (χ3n) is 5.34. The van der Waals surface area contributed by atoms with Gasteiger partial charge in [-0.3, -0.25) is 4.98 Å². The first-order valence-electron chi connectivity index (χ1n) is 9.49. The molecular weight excluding hydrogens is 357 g/mol. The van der Waals surface area contributed by atoms with E-state index in [1.165, 1.54) is 6.07 Å². The van der Waals surface area contributed by atoms with Crippen LogP contribution in [0.4, 0.5) is 10.2 Å². The number of aromatic nitrogens is 4. The van der Waals surface area contributed by atoms with Crippen molar-refractivity contribution in [2.45, 2.75) is 32.1 Å². The molecule has 3 heterocycles. The molecule has 2 aromatic heterocycles. The fourth-order valence-corrected chi connectivity index (χ4v) is 3.81. The van der Waals surface area contributed by atoms with E-state index in [1.807, 2.05) is 26.0 Å². The first kappa shape index (κ1) is 18.6. The summed E-state index contributed by atoms with van der Waals surface area (Å²) in [4.78, 5) is 8.98. The van der Waals surface area contributed by atoms with Crippen LogP contribution >= 0.6 is 0 Å². The topological polar surface area (TPSA) is 64.9 Å². The molecule has 0 radical (unpaired) electrons. The molecule has 3 aromatic rings. The minimum absolute atomic E-state index is 0.198. The van der Waals surface area contributed by atoms with Crippen molar-refractivity contribution in [1.29, 1.82) is 0 Å². The standard InChI is InChI=1S/C21H24FN5O/c1-15-10-16(2)27(26-15)20-13-23-12-19(25-20)24-14-21(6-8-28-9-7-21)17-4-3-5-18(22)11-17/h3-5,10-13H,6-9,14H2,1-2H3,(H,24,25). The molecule has 1 aliphatic rings. The van der Waals surface area contributed by atoms with Crippen LogP contribution in [0.3, 0.4) is 0 Å². The van der Waals surface area contributed by atoms with E-state index in [1.54, 1.807) is 29.2 Å². The molecule has 0 amide bonds. The van der Waals surface area contributed by atoms with Crippen molar-refractivity contribution in [3.05, 3.63) is 65.5 Å². The van der Waals surface area contributed by atoms with Gasteiger partial charge in [-0.15, -0.1) is 0 Å². The third-order valence-corrected chi connectivity index (χ3v) is 5.34. The lowest BCUT2D eigenvalue weighted by atomic mass is 9.74. The lowest BCUT2D eigenvalue weighted by Gasteiger charge is -2.38. The van der Waals surface area contributed by atoms with Gasteiger partial charge in [-0.1, -0.05) is 12.1 Å². The summed E-state index contributed by atoms with van der Waals surface area (Å²) < 4.78 is 21.2. The zero-order valence-corrected chi connectivity index (χ0v) is 16.2. The first-order valence-corrected chi connectivity index (χ1v) is 9.49. The van der Waals surface area contributed by atoms with Crippen LogP contribution in [-0.2, 0) is 10.2 Å². The molecule has 1 saturated heterocycles. The van der Waals surface area contributed by atoms with Gasteiger partial charge in [0.2, 0.25) is 0 Å². The number of nitrogens with one attached hydrogen (secondary N) is 1. The normalized spacial score (nSPS) is 16.1. The Morgan fingerprint density at radius 2 is 2.00 bits per heavy atom. The summed E-state index contributed by atoms with van der Waals surface area (Å²) in [5.74, 6) is 1.13. The predicted octanol–water partition coefficient (Wildman–Crippen LogP) is 3.58. The highest BCUT2D eigenvalue weighted by molar-refractivity contribution is 5.39. The number of hydrogen-bond acceptors (Lipinski definition) is 5. The molecule has 0 bridgehead atoms. The number of anilines is 1. The monoisotopic (exact) mass is 381 g/mol. The van der Waals surface area contributed by atoms with Gasteiger partial charge in [-0.2, -0.15) is 5.10 Å². The highest BCUT2D eigenvalue weighted by atomic mass is 19.1. The first-order chi connectivity index (χ1) is 13.6. The van der Waals surface area contributed by atoms with Crippen molar-refractivity contribution in [1.82, 2.24) is 19.7 Å². The molecule has 7 heteroatoms. The SMILES string of the molecule is Cc1cc(C)n(-c2cncc(NCC3(c4cccc(F)c4)CCOCC3)n2)n1. The molecule has 146 valence electrons. The summed E-state index contributed by atoms with van der Waals surface area (Å²) in [7, 11) is 0. The second-order valence-electron chi connectivity index (χ2n) is 7.36. The second-order valence-corrected chi connectivity index (χ2v) is 7.36. The molecule has 0 saturated carbocycles. The van der Waals surface area contributed by atoms with E-state index in [4.69, 9.17) is 4.74 Å². The van der Waals surface area contributed by atoms with E-state index in [0.717, 1.165) is 29.8 Å². The molecule has 1 aliphatic heterocycles. The Kier molecular flexibility index (Phi) is 5.09. The Morgan fingerprint density at radius 1 is 1.18 bits per heavy atom. The van der Waals surface area contributed by atoms with Crippen LogP contribution in [0, 0.1) is 19.7 Å². The molecule has 1 fully saturated rings. The van der Waals surface area contributed by atoms with E-state index in [-0.39, 0.29) is 11.2 Å². The van der Waals surface area contributed by atoms with E-state index >= 15 is 0 Å². The van der Waals surface area contributed by atoms with Crippen molar-refractivity contribution in [2.24, 2.45) is 0 Å². The lowest BCUT2D eigenvalue weighted by Crippen LogP contribution is -2.40. The van der Waals surface area contributed by atoms with Gasteiger partial charge in [0.25, 0.3) is 0 Å². The Balaban J connectivity index is 1.58. The molecule has 0 aliphatic carbocycles. The van der Waals surface area contributed by atoms with Gasteiger partial charge in [-0.25, -0.2) is 14.1 Å². The molecule has 28 heavy (non-hydrogen) atoms. The number of aryl methyl sites for hydroxylation is 2. The van der Waals surface area contributed by atoms with Gasteiger partial charge >= 0.3 is 0 Å². The molecular formula is C21H24FN5O. The maximum absolute atomic E-state index is 13.9. The van der Waals surface area contributed by atoms with E-state index in [9.17, 15) is 4.39 Å². The highest BCUT2D eigenvalue weighted by Gasteiger charge is 2.34. The summed E-state index contributed by atoms with van der Waals surface area (Å²) in [6.45, 7) is 5.90. The Morgan fingerprint density at radius 3 is 2.71 bits per heavy atom. The van der Waals surface area contributed by atoms with Gasteiger partial charge in [0.15, 0.2) is 5.82 Å². The number of hydrogen-bond donors (Lipinski definition) is 1. The third kappa shape index (κ3) is 3.75. The molecule has 0 atom stereocenters. The van der Waals surface area contributed by atoms with Crippen LogP contribution in [0.1, 0.15) is 29.8 Å². The summed E-state index contributed by atoms with van der Waals surface area (Å²) in [5.41, 5.74) is 2.73. The van der Waals surface area contributed by atoms with Gasteiger partial charge < -0.3 is 10.1 Å². The van der Waals surface area contributed by atoms with Crippen LogP contribution in [0.25, 0.3) is 5.82 Å². The molecule has 6 nitrogen and oxygen atoms in total. The number of ether oxygens (including phenoxy) is 1. The molecule has 0 spiro atoms. The summed E-state index contributed by atoms with van der Waals surface area (Å²) in [5, 5.41) is 7.89. The second kappa shape index (κ2) is 7.67. The Labute approximate surface area is 163 Å². The van der Waals surface area contributed by atoms with E-state index in [2.05, 4.69) is 20.4 Å². The average molecular weight is 381 g/mol. The van der Waals surface area contributed by atoms with Crippen LogP contribution in [0.5, 0.6) is 0 Å². The number of halogens is 1. The minimum Gasteiger partial charge on any atom is -0.381 e. The summed E-state index contributed by atoms with van der Waals surface area (Å²) in [6.07, 6.45) is 5.05.